The molecule has 294 valence electrons. The first-order valence-electron chi connectivity index (χ1n) is 18.3. The van der Waals surface area contributed by atoms with Crippen LogP contribution in [0.3, 0.4) is 0 Å². The molecule has 0 radical (unpaired) electrons. The second-order valence-electron chi connectivity index (χ2n) is 15.1. The molecule has 0 bridgehead atoms. The minimum Gasteiger partial charge on any atom is -0.507 e. The lowest BCUT2D eigenvalue weighted by Gasteiger charge is -2.50. The summed E-state index contributed by atoms with van der Waals surface area (Å²) in [5.41, 5.74) is -4.73. The Balaban J connectivity index is 1.26. The summed E-state index contributed by atoms with van der Waals surface area (Å²) in [5, 5.41) is 13.5. The Labute approximate surface area is 331 Å². The van der Waals surface area contributed by atoms with Crippen LogP contribution in [0.15, 0.2) is 121 Å². The molecular weight excluding hydrogens is 786 g/mol. The van der Waals surface area contributed by atoms with Crippen molar-refractivity contribution in [2.45, 2.75) is 36.5 Å². The molecule has 2 aliphatic carbocycles. The third kappa shape index (κ3) is 5.42. The van der Waals surface area contributed by atoms with Crippen LogP contribution in [0.4, 0.5) is 37.7 Å². The van der Waals surface area contributed by atoms with Gasteiger partial charge in [-0.25, -0.2) is 9.80 Å². The second-order valence-corrected chi connectivity index (χ2v) is 15.5. The van der Waals surface area contributed by atoms with Gasteiger partial charge < -0.3 is 5.11 Å². The fourth-order valence-electron chi connectivity index (χ4n) is 9.92. The van der Waals surface area contributed by atoms with Crippen LogP contribution in [0.1, 0.15) is 41.0 Å². The van der Waals surface area contributed by atoms with Crippen molar-refractivity contribution in [1.29, 1.82) is 0 Å². The maximum atomic E-state index is 15.5. The van der Waals surface area contributed by atoms with Crippen LogP contribution in [0, 0.1) is 23.7 Å². The summed E-state index contributed by atoms with van der Waals surface area (Å²) in [4.78, 5) is 60.6. The molecule has 3 fully saturated rings. The van der Waals surface area contributed by atoms with Gasteiger partial charge in [0.2, 0.25) is 23.6 Å². The quantitative estimate of drug-likeness (QED) is 0.111. The van der Waals surface area contributed by atoms with Crippen LogP contribution in [0.2, 0.25) is 5.02 Å². The molecule has 2 saturated heterocycles. The Morgan fingerprint density at radius 2 is 1.34 bits per heavy atom. The minimum atomic E-state index is -5.24. The van der Waals surface area contributed by atoms with E-state index in [2.05, 4.69) is 0 Å². The maximum absolute atomic E-state index is 15.5. The van der Waals surface area contributed by atoms with Crippen molar-refractivity contribution in [3.05, 3.63) is 148 Å². The van der Waals surface area contributed by atoms with Crippen LogP contribution in [-0.2, 0) is 36.9 Å². The van der Waals surface area contributed by atoms with Gasteiger partial charge in [-0.05, 0) is 66.1 Å². The van der Waals surface area contributed by atoms with Crippen LogP contribution < -0.4 is 9.80 Å². The van der Waals surface area contributed by atoms with Gasteiger partial charge in [0.1, 0.15) is 5.75 Å². The maximum Gasteiger partial charge on any atom is 0.416 e. The average Bonchev–Trinajstić information content (AvgIpc) is 3.58. The zero-order valence-electron chi connectivity index (χ0n) is 29.9. The summed E-state index contributed by atoms with van der Waals surface area (Å²) in [5.74, 6) is -9.43. The molecule has 4 amide bonds. The highest BCUT2D eigenvalue weighted by molar-refractivity contribution is 6.32. The van der Waals surface area contributed by atoms with E-state index in [4.69, 9.17) is 11.6 Å². The van der Waals surface area contributed by atoms with Crippen LogP contribution in [0.5, 0.6) is 5.75 Å². The van der Waals surface area contributed by atoms with Gasteiger partial charge in [-0.1, -0.05) is 96.0 Å². The number of imide groups is 2. The number of fused-ring (bicyclic) bond motifs is 5. The number of carbonyl (C=O) groups is 4. The first kappa shape index (κ1) is 37.6. The normalized spacial score (nSPS) is 25.8. The summed E-state index contributed by atoms with van der Waals surface area (Å²) in [7, 11) is 0. The lowest BCUT2D eigenvalue weighted by Crippen LogP contribution is -2.53. The molecule has 4 aliphatic rings. The number of anilines is 2. The van der Waals surface area contributed by atoms with E-state index in [0.29, 0.717) is 38.9 Å². The molecule has 5 aromatic carbocycles. The van der Waals surface area contributed by atoms with E-state index in [-0.39, 0.29) is 40.9 Å². The highest BCUT2D eigenvalue weighted by Crippen LogP contribution is 2.65. The zero-order valence-corrected chi connectivity index (χ0v) is 30.6. The summed E-state index contributed by atoms with van der Waals surface area (Å²) >= 11 is 6.36. The van der Waals surface area contributed by atoms with E-state index in [0.717, 1.165) is 4.90 Å². The van der Waals surface area contributed by atoms with Gasteiger partial charge >= 0.3 is 12.4 Å². The monoisotopic (exact) mass is 814 g/mol. The molecule has 0 aromatic heterocycles. The lowest BCUT2D eigenvalue weighted by atomic mass is 9.49. The Bertz CT molecular complexity index is 2590. The Morgan fingerprint density at radius 3 is 2.02 bits per heavy atom. The van der Waals surface area contributed by atoms with Crippen molar-refractivity contribution in [1.82, 2.24) is 0 Å². The number of alkyl halides is 6. The number of benzene rings is 5. The van der Waals surface area contributed by atoms with E-state index in [9.17, 15) is 45.8 Å². The number of hydrogen-bond acceptors (Lipinski definition) is 5. The largest absolute Gasteiger partial charge is 0.507 e. The molecule has 2 aliphatic heterocycles. The number of hydrogen-bond donors (Lipinski definition) is 1. The zero-order chi connectivity index (χ0) is 41.1. The summed E-state index contributed by atoms with van der Waals surface area (Å²) < 4.78 is 83.8. The average molecular weight is 815 g/mol. The van der Waals surface area contributed by atoms with Gasteiger partial charge in [-0.2, -0.15) is 26.3 Å². The predicted molar refractivity (Wildman–Crippen MR) is 201 cm³/mol. The first-order chi connectivity index (χ1) is 27.5. The Morgan fingerprint density at radius 1 is 0.672 bits per heavy atom. The number of phenols is 1. The van der Waals surface area contributed by atoms with Gasteiger partial charge in [0.05, 0.1) is 45.7 Å². The minimum absolute atomic E-state index is 0.0828. The molecule has 7 nitrogen and oxygen atoms in total. The number of nitrogens with zero attached hydrogens (tertiary/aromatic N) is 2. The summed E-state index contributed by atoms with van der Waals surface area (Å²) in [6.45, 7) is 0. The van der Waals surface area contributed by atoms with Gasteiger partial charge in [0.25, 0.3) is 0 Å². The molecule has 1 saturated carbocycles. The molecule has 1 N–H and O–H groups in total. The topological polar surface area (TPSA) is 95.0 Å². The molecule has 2 heterocycles. The van der Waals surface area contributed by atoms with Crippen molar-refractivity contribution in [2.24, 2.45) is 23.7 Å². The third-order valence-corrected chi connectivity index (χ3v) is 12.5. The number of phenolic OH excluding ortho intramolecular Hbond substituents is 1. The van der Waals surface area contributed by atoms with Gasteiger partial charge in [-0.3, -0.25) is 19.2 Å². The SMILES string of the molecule is O=C1[C@H]2[C@H](CC=C3[C@H]2C[C@H]2C(=O)N(c4cccc(Cl)c4)C(=O)[C@@]2(c2ccccc2)[C@H]3c2ccc3ccccc3c2O)C(=O)N1c1cc(C(F)(F)F)cc(C(F)(F)F)c1. The molecule has 5 aromatic rings. The van der Waals surface area contributed by atoms with Crippen LogP contribution >= 0.6 is 11.6 Å². The Hall–Kier alpha value is -5.95. The van der Waals surface area contributed by atoms with Crippen LogP contribution in [0.25, 0.3) is 10.8 Å². The highest BCUT2D eigenvalue weighted by atomic mass is 35.5. The van der Waals surface area contributed by atoms with Crippen molar-refractivity contribution < 1.29 is 50.6 Å². The van der Waals surface area contributed by atoms with E-state index in [1.165, 1.54) is 6.07 Å². The number of halogens is 7. The van der Waals surface area contributed by atoms with E-state index < -0.39 is 87.8 Å². The Kier molecular flexibility index (Phi) is 8.45. The van der Waals surface area contributed by atoms with Gasteiger partial charge in [-0.15, -0.1) is 0 Å². The van der Waals surface area contributed by atoms with E-state index >= 15 is 4.79 Å². The van der Waals surface area contributed by atoms with E-state index in [1.54, 1.807) is 91.0 Å². The number of rotatable bonds is 4. The first-order valence-corrected chi connectivity index (χ1v) is 18.7. The number of aromatic hydroxyl groups is 1. The molecule has 0 spiro atoms. The molecule has 14 heteroatoms. The number of allylic oxidation sites excluding steroid dienone is 2. The van der Waals surface area contributed by atoms with Crippen molar-refractivity contribution >= 4 is 57.4 Å². The summed E-state index contributed by atoms with van der Waals surface area (Å²) in [6, 6.07) is 25.7. The molecule has 0 unspecified atom stereocenters. The van der Waals surface area contributed by atoms with Crippen molar-refractivity contribution in [3.8, 4) is 5.75 Å². The van der Waals surface area contributed by atoms with Crippen LogP contribution in [-0.4, -0.2) is 28.7 Å². The second kappa shape index (κ2) is 13.0. The highest BCUT2D eigenvalue weighted by Gasteiger charge is 2.70. The standard InChI is InChI=1S/C44H29ClF6N2O5/c45-26-10-6-11-27(20-26)53-39(56)34-21-33-30(15-16-31-35(33)40(57)52(38(31)55)28-18-24(43(46,47)48)17-25(19-28)44(49,50)51)36(42(34,41(53)58)23-8-2-1-3-9-23)32-14-13-22-7-4-5-12-29(22)37(32)54/h1-15,17-20,31,33-36,54H,16,21H2/t31-,33+,34-,35-,36+,42+/m0/s1. The molecular formula is C44H29ClF6N2O5. The molecule has 58 heavy (non-hydrogen) atoms. The smallest absolute Gasteiger partial charge is 0.416 e. The lowest BCUT2D eigenvalue weighted by molar-refractivity contribution is -0.143. The third-order valence-electron chi connectivity index (χ3n) is 12.2. The van der Waals surface area contributed by atoms with E-state index in [1.807, 2.05) is 0 Å². The predicted octanol–water partition coefficient (Wildman–Crippen LogP) is 9.60. The van der Waals surface area contributed by atoms with Crippen molar-refractivity contribution in [2.75, 3.05) is 9.80 Å². The summed E-state index contributed by atoms with van der Waals surface area (Å²) in [6.07, 6.45) is -9.17. The molecule has 9 rings (SSSR count). The fourth-order valence-corrected chi connectivity index (χ4v) is 10.1. The van der Waals surface area contributed by atoms with Crippen molar-refractivity contribution in [3.63, 3.8) is 0 Å². The van der Waals surface area contributed by atoms with Gasteiger partial charge in [0, 0.05) is 21.9 Å². The number of carbonyl (C=O) groups excluding carboxylic acids is 4. The molecule has 6 atom stereocenters. The van der Waals surface area contributed by atoms with Gasteiger partial charge in [0.15, 0.2) is 0 Å². The fraction of sp³-hybridized carbons (Fsp3) is 0.227. The number of amides is 4.